The first-order valence-electron chi connectivity index (χ1n) is 10.6. The van der Waals surface area contributed by atoms with Crippen LogP contribution in [0.3, 0.4) is 0 Å². The number of benzene rings is 1. The Morgan fingerprint density at radius 1 is 1.24 bits per heavy atom. The van der Waals surface area contributed by atoms with E-state index in [1.54, 1.807) is 28.8 Å². The number of esters is 1. The summed E-state index contributed by atoms with van der Waals surface area (Å²) >= 11 is 7.17. The number of halogens is 1. The average molecular weight is 499 g/mol. The summed E-state index contributed by atoms with van der Waals surface area (Å²) in [6, 6.07) is 12.7. The number of carbonyl (C=O) groups is 2. The number of rotatable bonds is 8. The molecule has 3 heterocycles. The van der Waals surface area contributed by atoms with Crippen LogP contribution in [0.4, 0.5) is 10.6 Å². The molecule has 176 valence electrons. The van der Waals surface area contributed by atoms with Crippen molar-refractivity contribution in [3.63, 3.8) is 0 Å². The summed E-state index contributed by atoms with van der Waals surface area (Å²) in [6.45, 7) is 3.39. The molecule has 0 aliphatic carbocycles. The van der Waals surface area contributed by atoms with Crippen LogP contribution in [-0.2, 0) is 11.3 Å². The van der Waals surface area contributed by atoms with Crippen molar-refractivity contribution in [2.24, 2.45) is 4.99 Å². The summed E-state index contributed by atoms with van der Waals surface area (Å²) in [6.07, 6.45) is 4.94. The zero-order valence-corrected chi connectivity index (χ0v) is 20.3. The highest BCUT2D eigenvalue weighted by molar-refractivity contribution is 7.98. The van der Waals surface area contributed by atoms with Crippen LogP contribution in [0.25, 0.3) is 5.69 Å². The smallest absolute Gasteiger partial charge is 0.344 e. The summed E-state index contributed by atoms with van der Waals surface area (Å²) in [5.74, 6) is -0.201. The van der Waals surface area contributed by atoms with Crippen molar-refractivity contribution in [2.75, 3.05) is 26.0 Å². The van der Waals surface area contributed by atoms with Crippen molar-refractivity contribution in [3.05, 3.63) is 64.9 Å². The lowest BCUT2D eigenvalue weighted by molar-refractivity contribution is 0.0523. The van der Waals surface area contributed by atoms with Crippen LogP contribution in [0.5, 0.6) is 0 Å². The largest absolute Gasteiger partial charge is 0.462 e. The Morgan fingerprint density at radius 3 is 2.71 bits per heavy atom. The Balaban J connectivity index is 1.62. The second kappa shape index (κ2) is 10.7. The van der Waals surface area contributed by atoms with Gasteiger partial charge in [-0.1, -0.05) is 35.9 Å². The van der Waals surface area contributed by atoms with Gasteiger partial charge in [-0.2, -0.15) is 5.10 Å². The molecular formula is C23H23ClN6O3S. The molecule has 1 aliphatic heterocycles. The molecule has 2 aromatic heterocycles. The van der Waals surface area contributed by atoms with Gasteiger partial charge in [-0.05, 0) is 36.9 Å². The number of para-hydroxylation sites is 1. The number of hydrogen-bond donors (Lipinski definition) is 0. The van der Waals surface area contributed by atoms with E-state index in [9.17, 15) is 9.59 Å². The summed E-state index contributed by atoms with van der Waals surface area (Å²) < 4.78 is 6.85. The minimum absolute atomic E-state index is 0.188. The van der Waals surface area contributed by atoms with Gasteiger partial charge in [0.25, 0.3) is 0 Å². The third-order valence-electron chi connectivity index (χ3n) is 5.11. The molecule has 4 rings (SSSR count). The Kier molecular flexibility index (Phi) is 7.49. The number of urea groups is 1. The molecule has 0 bridgehead atoms. The van der Waals surface area contributed by atoms with E-state index in [1.807, 2.05) is 42.7 Å². The first-order chi connectivity index (χ1) is 16.5. The SMILES string of the molecule is CCOC(=O)c1c(SC)nn(-c2ccccc2)c1/N=C/N1CCN(Cc2ccc(Cl)nc2)C1=O. The van der Waals surface area contributed by atoms with Crippen molar-refractivity contribution in [1.82, 2.24) is 24.6 Å². The van der Waals surface area contributed by atoms with Crippen LogP contribution in [0.1, 0.15) is 22.8 Å². The molecule has 0 atom stereocenters. The van der Waals surface area contributed by atoms with Gasteiger partial charge in [-0.25, -0.2) is 24.2 Å². The van der Waals surface area contributed by atoms with E-state index in [0.717, 1.165) is 11.3 Å². The van der Waals surface area contributed by atoms with E-state index in [4.69, 9.17) is 16.3 Å². The van der Waals surface area contributed by atoms with Crippen molar-refractivity contribution in [2.45, 2.75) is 18.5 Å². The van der Waals surface area contributed by atoms with Crippen molar-refractivity contribution >= 4 is 47.5 Å². The number of amides is 2. The number of aliphatic imine (C=N–C) groups is 1. The van der Waals surface area contributed by atoms with Gasteiger partial charge in [0.15, 0.2) is 5.82 Å². The van der Waals surface area contributed by atoms with Crippen LogP contribution >= 0.6 is 23.4 Å². The van der Waals surface area contributed by atoms with Gasteiger partial charge in [-0.15, -0.1) is 11.8 Å². The normalized spacial score (nSPS) is 13.8. The minimum atomic E-state index is -0.509. The molecule has 1 fully saturated rings. The number of pyridine rings is 1. The lowest BCUT2D eigenvalue weighted by atomic mass is 10.3. The number of nitrogens with zero attached hydrogens (tertiary/aromatic N) is 6. The molecule has 0 saturated carbocycles. The highest BCUT2D eigenvalue weighted by atomic mass is 35.5. The van der Waals surface area contributed by atoms with Crippen molar-refractivity contribution < 1.29 is 14.3 Å². The Bertz CT molecular complexity index is 1200. The fourth-order valence-corrected chi connectivity index (χ4v) is 4.14. The van der Waals surface area contributed by atoms with E-state index in [-0.39, 0.29) is 18.2 Å². The molecule has 34 heavy (non-hydrogen) atoms. The van der Waals surface area contributed by atoms with Crippen LogP contribution in [0.15, 0.2) is 58.7 Å². The summed E-state index contributed by atoms with van der Waals surface area (Å²) in [5, 5.41) is 5.48. The molecule has 0 radical (unpaired) electrons. The van der Waals surface area contributed by atoms with E-state index in [1.165, 1.54) is 23.0 Å². The second-order valence-electron chi connectivity index (χ2n) is 7.31. The maximum absolute atomic E-state index is 12.9. The van der Waals surface area contributed by atoms with Crippen LogP contribution in [0, 0.1) is 0 Å². The summed E-state index contributed by atoms with van der Waals surface area (Å²) in [4.78, 5) is 37.5. The highest BCUT2D eigenvalue weighted by Crippen LogP contribution is 2.32. The quantitative estimate of drug-likeness (QED) is 0.150. The summed E-state index contributed by atoms with van der Waals surface area (Å²) in [7, 11) is 0. The molecular weight excluding hydrogens is 476 g/mol. The van der Waals surface area contributed by atoms with Gasteiger partial charge in [0.2, 0.25) is 0 Å². The Labute approximate surface area is 206 Å². The minimum Gasteiger partial charge on any atom is -0.462 e. The standard InChI is InChI=1S/C23H23ClN6O3S/c1-3-33-22(31)19-20(30(27-21(19)34-2)17-7-5-4-6-8-17)26-15-29-12-11-28(23(29)32)14-16-9-10-18(24)25-13-16/h4-10,13,15H,3,11-12,14H2,1-2H3/b26-15+. The lowest BCUT2D eigenvalue weighted by Gasteiger charge is -2.15. The molecule has 0 N–H and O–H groups in total. The van der Waals surface area contributed by atoms with Crippen molar-refractivity contribution in [3.8, 4) is 5.69 Å². The molecule has 2 amide bonds. The Hall–Kier alpha value is -3.37. The maximum Gasteiger partial charge on any atom is 0.344 e. The highest BCUT2D eigenvalue weighted by Gasteiger charge is 2.29. The van der Waals surface area contributed by atoms with Gasteiger partial charge in [0.1, 0.15) is 22.1 Å². The first-order valence-corrected chi connectivity index (χ1v) is 12.2. The second-order valence-corrected chi connectivity index (χ2v) is 8.49. The average Bonchev–Trinajstić information content (AvgIpc) is 3.40. The molecule has 1 aliphatic rings. The van der Waals surface area contributed by atoms with Crippen LogP contribution in [0.2, 0.25) is 5.15 Å². The fourth-order valence-electron chi connectivity index (χ4n) is 3.48. The molecule has 9 nitrogen and oxygen atoms in total. The van der Waals surface area contributed by atoms with Gasteiger partial charge >= 0.3 is 12.0 Å². The predicted molar refractivity (Wildman–Crippen MR) is 131 cm³/mol. The van der Waals surface area contributed by atoms with Crippen LogP contribution in [-0.4, -0.2) is 68.9 Å². The first kappa shape index (κ1) is 23.8. The number of carbonyl (C=O) groups excluding carboxylic acids is 2. The fraction of sp³-hybridized carbons (Fsp3) is 0.261. The molecule has 1 aromatic carbocycles. The third kappa shape index (κ3) is 5.07. The topological polar surface area (TPSA) is 92.9 Å². The molecule has 0 unspecified atom stereocenters. The lowest BCUT2D eigenvalue weighted by Crippen LogP contribution is -2.30. The van der Waals surface area contributed by atoms with E-state index in [0.29, 0.717) is 35.6 Å². The molecule has 0 spiro atoms. The van der Waals surface area contributed by atoms with E-state index in [2.05, 4.69) is 15.1 Å². The van der Waals surface area contributed by atoms with E-state index < -0.39 is 5.97 Å². The number of thioether (sulfide) groups is 1. The third-order valence-corrected chi connectivity index (χ3v) is 6.01. The molecule has 11 heteroatoms. The monoisotopic (exact) mass is 498 g/mol. The zero-order chi connectivity index (χ0) is 24.1. The number of hydrogen-bond acceptors (Lipinski definition) is 7. The molecule has 1 saturated heterocycles. The Morgan fingerprint density at radius 2 is 2.03 bits per heavy atom. The molecule has 3 aromatic rings. The number of ether oxygens (including phenoxy) is 1. The van der Waals surface area contributed by atoms with Gasteiger partial charge in [-0.3, -0.25) is 4.90 Å². The zero-order valence-electron chi connectivity index (χ0n) is 18.7. The van der Waals surface area contributed by atoms with Crippen molar-refractivity contribution in [1.29, 1.82) is 0 Å². The van der Waals surface area contributed by atoms with Crippen LogP contribution < -0.4 is 0 Å². The van der Waals surface area contributed by atoms with E-state index >= 15 is 0 Å². The predicted octanol–water partition coefficient (Wildman–Crippen LogP) is 4.42. The summed E-state index contributed by atoms with van der Waals surface area (Å²) in [5.41, 5.74) is 1.89. The van der Waals surface area contributed by atoms with Gasteiger partial charge in [0.05, 0.1) is 12.3 Å². The van der Waals surface area contributed by atoms with Gasteiger partial charge < -0.3 is 9.64 Å². The van der Waals surface area contributed by atoms with Gasteiger partial charge in [0, 0.05) is 25.8 Å². The maximum atomic E-state index is 12.9. The number of aromatic nitrogens is 3.